The molecule has 0 radical (unpaired) electrons. The lowest BCUT2D eigenvalue weighted by Gasteiger charge is -2.19. The van der Waals surface area contributed by atoms with Crippen molar-refractivity contribution in [2.75, 3.05) is 18.4 Å². The standard InChI is InChI=1S/C27H34N6O5S/c1-16-10-17(2)24(18(3)11-16)39(37,38)32-23(27(35)36)14-29-26(34)22-13-30-33(15-22)9-7-20-12-21-6-5-8-28-25(21)31-19(20)4/h10-13,15,23,32H,5-9,14H2,1-4H3,(H,28,31)(H,29,34)(H,35,36). The van der Waals surface area contributed by atoms with E-state index in [1.807, 2.05) is 13.8 Å². The molecular formula is C27H34N6O5S. The number of fused-ring (bicyclic) bond motifs is 1. The number of carbonyl (C=O) groups excluding carboxylic acids is 1. The summed E-state index contributed by atoms with van der Waals surface area (Å²) in [5, 5.41) is 19.7. The fourth-order valence-corrected chi connectivity index (χ4v) is 6.57. The van der Waals surface area contributed by atoms with Crippen molar-refractivity contribution in [2.45, 2.75) is 64.4 Å². The first-order valence-electron chi connectivity index (χ1n) is 12.8. The third kappa shape index (κ3) is 6.63. The minimum absolute atomic E-state index is 0.0348. The van der Waals surface area contributed by atoms with Crippen LogP contribution in [-0.4, -0.2) is 59.3 Å². The highest BCUT2D eigenvalue weighted by Gasteiger charge is 2.28. The van der Waals surface area contributed by atoms with Crippen molar-refractivity contribution in [3.8, 4) is 0 Å². The van der Waals surface area contributed by atoms with Crippen LogP contribution in [0.25, 0.3) is 0 Å². The van der Waals surface area contributed by atoms with Crippen LogP contribution in [0.1, 0.15) is 50.3 Å². The zero-order valence-corrected chi connectivity index (χ0v) is 23.4. The normalized spacial score (nSPS) is 13.8. The predicted molar refractivity (Wildman–Crippen MR) is 146 cm³/mol. The summed E-state index contributed by atoms with van der Waals surface area (Å²) in [5.74, 6) is -1.00. The molecule has 0 fully saturated rings. The number of aromatic nitrogens is 3. The number of aliphatic carboxylic acids is 1. The minimum Gasteiger partial charge on any atom is -0.480 e. The number of pyridine rings is 1. The molecule has 3 aromatic rings. The first-order chi connectivity index (χ1) is 18.4. The van der Waals surface area contributed by atoms with Crippen LogP contribution in [0.5, 0.6) is 0 Å². The van der Waals surface area contributed by atoms with Crippen molar-refractivity contribution in [2.24, 2.45) is 0 Å². The fourth-order valence-electron chi connectivity index (χ4n) is 4.93. The van der Waals surface area contributed by atoms with Crippen molar-refractivity contribution in [1.29, 1.82) is 0 Å². The number of rotatable bonds is 10. The number of aryl methyl sites for hydroxylation is 7. The van der Waals surface area contributed by atoms with Gasteiger partial charge in [-0.2, -0.15) is 9.82 Å². The molecule has 12 heteroatoms. The third-order valence-corrected chi connectivity index (χ3v) is 8.53. The van der Waals surface area contributed by atoms with Crippen LogP contribution in [0.4, 0.5) is 5.82 Å². The van der Waals surface area contributed by atoms with E-state index in [9.17, 15) is 23.1 Å². The number of sulfonamides is 1. The Morgan fingerprint density at radius 1 is 1.15 bits per heavy atom. The topological polar surface area (TPSA) is 155 Å². The molecule has 4 N–H and O–H groups in total. The van der Waals surface area contributed by atoms with Crippen LogP contribution in [0.3, 0.4) is 0 Å². The van der Waals surface area contributed by atoms with E-state index in [2.05, 4.69) is 31.5 Å². The Labute approximate surface area is 228 Å². The van der Waals surface area contributed by atoms with E-state index in [4.69, 9.17) is 0 Å². The van der Waals surface area contributed by atoms with Gasteiger partial charge in [-0.25, -0.2) is 13.4 Å². The van der Waals surface area contributed by atoms with Gasteiger partial charge in [-0.15, -0.1) is 0 Å². The fraction of sp³-hybridized carbons (Fsp3) is 0.407. The molecule has 1 aliphatic rings. The van der Waals surface area contributed by atoms with Crippen LogP contribution in [0.2, 0.25) is 0 Å². The van der Waals surface area contributed by atoms with Crippen molar-refractivity contribution >= 4 is 27.7 Å². The number of hydrogen-bond acceptors (Lipinski definition) is 7. The zero-order valence-electron chi connectivity index (χ0n) is 22.5. The molecule has 1 aromatic carbocycles. The largest absolute Gasteiger partial charge is 0.480 e. The van der Waals surface area contributed by atoms with Crippen molar-refractivity contribution in [3.05, 3.63) is 69.7 Å². The Morgan fingerprint density at radius 3 is 2.56 bits per heavy atom. The van der Waals surface area contributed by atoms with Crippen LogP contribution < -0.4 is 15.4 Å². The van der Waals surface area contributed by atoms with Gasteiger partial charge in [-0.05, 0) is 69.2 Å². The maximum atomic E-state index is 13.0. The Balaban J connectivity index is 1.37. The number of carbonyl (C=O) groups is 2. The average molecular weight is 555 g/mol. The summed E-state index contributed by atoms with van der Waals surface area (Å²) >= 11 is 0. The first kappa shape index (κ1) is 28.2. The highest BCUT2D eigenvalue weighted by atomic mass is 32.2. The van der Waals surface area contributed by atoms with E-state index in [1.165, 1.54) is 11.8 Å². The van der Waals surface area contributed by atoms with Crippen molar-refractivity contribution < 1.29 is 23.1 Å². The van der Waals surface area contributed by atoms with Gasteiger partial charge < -0.3 is 15.7 Å². The van der Waals surface area contributed by atoms with E-state index in [0.717, 1.165) is 42.0 Å². The smallest absolute Gasteiger partial charge is 0.323 e. The van der Waals surface area contributed by atoms with Crippen LogP contribution in [0, 0.1) is 27.7 Å². The Bertz CT molecular complexity index is 1490. The number of carboxylic acids is 1. The number of anilines is 1. The second kappa shape index (κ2) is 11.5. The SMILES string of the molecule is Cc1cc(C)c(S(=O)(=O)NC(CNC(=O)c2cnn(CCc3cc4c(nc3C)NCCC4)c2)C(=O)O)c(C)c1. The summed E-state index contributed by atoms with van der Waals surface area (Å²) in [6.07, 6.45) is 5.74. The second-order valence-electron chi connectivity index (χ2n) is 9.96. The van der Waals surface area contributed by atoms with E-state index < -0.39 is 34.5 Å². The number of carboxylic acid groups (broad SMARTS) is 1. The van der Waals surface area contributed by atoms with Gasteiger partial charge in [-0.3, -0.25) is 14.3 Å². The van der Waals surface area contributed by atoms with E-state index in [-0.39, 0.29) is 10.5 Å². The average Bonchev–Trinajstić information content (AvgIpc) is 3.33. The Kier molecular flexibility index (Phi) is 8.36. The molecule has 0 spiro atoms. The number of amides is 1. The summed E-state index contributed by atoms with van der Waals surface area (Å²) in [7, 11) is -4.14. The molecule has 0 bridgehead atoms. The lowest BCUT2D eigenvalue weighted by molar-refractivity contribution is -0.138. The first-order valence-corrected chi connectivity index (χ1v) is 14.3. The molecule has 39 heavy (non-hydrogen) atoms. The maximum Gasteiger partial charge on any atom is 0.323 e. The molecule has 208 valence electrons. The molecule has 1 aliphatic heterocycles. The zero-order chi connectivity index (χ0) is 28.3. The molecule has 1 amide bonds. The van der Waals surface area contributed by atoms with Gasteiger partial charge in [0.1, 0.15) is 11.9 Å². The monoisotopic (exact) mass is 554 g/mol. The van der Waals surface area contributed by atoms with Crippen molar-refractivity contribution in [3.63, 3.8) is 0 Å². The van der Waals surface area contributed by atoms with Gasteiger partial charge in [0.25, 0.3) is 5.91 Å². The maximum absolute atomic E-state index is 13.0. The number of benzene rings is 1. The van der Waals surface area contributed by atoms with Crippen molar-refractivity contribution in [1.82, 2.24) is 24.8 Å². The van der Waals surface area contributed by atoms with Gasteiger partial charge in [0.2, 0.25) is 10.0 Å². The van der Waals surface area contributed by atoms with Crippen LogP contribution in [-0.2, 0) is 34.2 Å². The number of hydrogen-bond donors (Lipinski definition) is 4. The summed E-state index contributed by atoms with van der Waals surface area (Å²) in [6, 6.07) is 4.06. The van der Waals surface area contributed by atoms with Crippen LogP contribution in [0.15, 0.2) is 35.5 Å². The van der Waals surface area contributed by atoms with Crippen LogP contribution >= 0.6 is 0 Å². The minimum atomic E-state index is -4.14. The molecular weight excluding hydrogens is 520 g/mol. The quantitative estimate of drug-likeness (QED) is 0.298. The van der Waals surface area contributed by atoms with Gasteiger partial charge in [0, 0.05) is 31.5 Å². The summed E-state index contributed by atoms with van der Waals surface area (Å²) < 4.78 is 29.9. The Hall–Kier alpha value is -3.77. The number of nitrogens with one attached hydrogen (secondary N) is 3. The summed E-state index contributed by atoms with van der Waals surface area (Å²) in [6.45, 7) is 8.18. The molecule has 1 unspecified atom stereocenters. The lowest BCUT2D eigenvalue weighted by Crippen LogP contribution is -2.48. The summed E-state index contributed by atoms with van der Waals surface area (Å²) in [4.78, 5) is 29.2. The molecule has 1 atom stereocenters. The lowest BCUT2D eigenvalue weighted by atomic mass is 10.0. The molecule has 0 aliphatic carbocycles. The highest BCUT2D eigenvalue weighted by Crippen LogP contribution is 2.23. The molecule has 4 rings (SSSR count). The molecule has 0 saturated carbocycles. The van der Waals surface area contributed by atoms with Gasteiger partial charge in [0.05, 0.1) is 16.7 Å². The van der Waals surface area contributed by atoms with Gasteiger partial charge >= 0.3 is 5.97 Å². The van der Waals surface area contributed by atoms with E-state index in [1.54, 1.807) is 36.9 Å². The predicted octanol–water partition coefficient (Wildman–Crippen LogP) is 2.27. The molecule has 3 heterocycles. The molecule has 2 aromatic heterocycles. The third-order valence-electron chi connectivity index (χ3n) is 6.75. The second-order valence-corrected chi connectivity index (χ2v) is 11.6. The van der Waals surface area contributed by atoms with E-state index >= 15 is 0 Å². The highest BCUT2D eigenvalue weighted by molar-refractivity contribution is 7.89. The number of nitrogens with zero attached hydrogens (tertiary/aromatic N) is 3. The van der Waals surface area contributed by atoms with Gasteiger partial charge in [-0.1, -0.05) is 23.8 Å². The summed E-state index contributed by atoms with van der Waals surface area (Å²) in [5.41, 5.74) is 5.45. The molecule has 11 nitrogen and oxygen atoms in total. The molecule has 0 saturated heterocycles. The Morgan fingerprint density at radius 2 is 1.87 bits per heavy atom. The van der Waals surface area contributed by atoms with E-state index in [0.29, 0.717) is 24.1 Å². The van der Waals surface area contributed by atoms with Gasteiger partial charge in [0.15, 0.2) is 0 Å².